The van der Waals surface area contributed by atoms with Gasteiger partial charge in [-0.15, -0.1) is 13.2 Å². The number of nitrogens with zero attached hydrogens (tertiary/aromatic N) is 1. The van der Waals surface area contributed by atoms with Crippen LogP contribution in [0.3, 0.4) is 0 Å². The van der Waals surface area contributed by atoms with E-state index in [2.05, 4.69) is 15.0 Å². The molecule has 1 aliphatic heterocycles. The van der Waals surface area contributed by atoms with E-state index in [4.69, 9.17) is 0 Å². The van der Waals surface area contributed by atoms with Gasteiger partial charge in [0.25, 0.3) is 0 Å². The third-order valence-corrected chi connectivity index (χ3v) is 5.10. The maximum atomic E-state index is 12.3. The molecular formula is C18H25F3N2O. The van der Waals surface area contributed by atoms with E-state index in [1.54, 1.807) is 0 Å². The van der Waals surface area contributed by atoms with Crippen molar-refractivity contribution in [1.82, 2.24) is 10.2 Å². The van der Waals surface area contributed by atoms with Gasteiger partial charge in [-0.1, -0.05) is 31.4 Å². The Labute approximate surface area is 141 Å². The standard InChI is InChI=1S/C18H25F3N2O/c19-18(20,21)24-16-8-6-15(7-9-16)17(14-4-2-1-3-5-14)23-12-10-22-11-13-23/h6-9,14,17,22H,1-5,10-13H2/t17-/m1/s1. The van der Waals surface area contributed by atoms with E-state index >= 15 is 0 Å². The maximum absolute atomic E-state index is 12.3. The predicted octanol–water partition coefficient (Wildman–Crippen LogP) is 4.11. The molecule has 3 nitrogen and oxygen atoms in total. The molecule has 1 aliphatic carbocycles. The normalized spacial score (nSPS) is 22.3. The second kappa shape index (κ2) is 7.74. The van der Waals surface area contributed by atoms with Crippen LogP contribution in [-0.2, 0) is 0 Å². The Balaban J connectivity index is 1.78. The number of hydrogen-bond donors (Lipinski definition) is 1. The summed E-state index contributed by atoms with van der Waals surface area (Å²) in [5, 5.41) is 3.37. The van der Waals surface area contributed by atoms with E-state index in [0.29, 0.717) is 12.0 Å². The highest BCUT2D eigenvalue weighted by atomic mass is 19.4. The zero-order valence-electron chi connectivity index (χ0n) is 13.8. The fourth-order valence-electron chi connectivity index (χ4n) is 4.06. The molecule has 0 amide bonds. The lowest BCUT2D eigenvalue weighted by molar-refractivity contribution is -0.274. The highest BCUT2D eigenvalue weighted by Gasteiger charge is 2.33. The molecule has 0 spiro atoms. The maximum Gasteiger partial charge on any atom is 0.573 e. The number of hydrogen-bond acceptors (Lipinski definition) is 3. The van der Waals surface area contributed by atoms with Crippen LogP contribution in [0.25, 0.3) is 0 Å². The summed E-state index contributed by atoms with van der Waals surface area (Å²) in [6.07, 6.45) is 1.57. The molecule has 0 aromatic heterocycles. The average Bonchev–Trinajstić information content (AvgIpc) is 2.57. The Kier molecular flexibility index (Phi) is 5.66. The van der Waals surface area contributed by atoms with Crippen molar-refractivity contribution in [3.63, 3.8) is 0 Å². The van der Waals surface area contributed by atoms with Gasteiger partial charge in [-0.3, -0.25) is 4.90 Å². The fraction of sp³-hybridized carbons (Fsp3) is 0.667. The van der Waals surface area contributed by atoms with Crippen molar-refractivity contribution in [3.05, 3.63) is 29.8 Å². The van der Waals surface area contributed by atoms with Gasteiger partial charge >= 0.3 is 6.36 Å². The van der Waals surface area contributed by atoms with Crippen molar-refractivity contribution in [2.45, 2.75) is 44.5 Å². The van der Waals surface area contributed by atoms with Gasteiger partial charge in [0, 0.05) is 32.2 Å². The lowest BCUT2D eigenvalue weighted by Gasteiger charge is -2.41. The average molecular weight is 342 g/mol. The summed E-state index contributed by atoms with van der Waals surface area (Å²) in [5.74, 6) is 0.445. The SMILES string of the molecule is FC(F)(F)Oc1ccc([C@@H](C2CCCCC2)N2CCNCC2)cc1. The van der Waals surface area contributed by atoms with Crippen LogP contribution in [0.4, 0.5) is 13.2 Å². The molecule has 1 saturated heterocycles. The monoisotopic (exact) mass is 342 g/mol. The van der Waals surface area contributed by atoms with Crippen molar-refractivity contribution >= 4 is 0 Å². The van der Waals surface area contributed by atoms with E-state index in [0.717, 1.165) is 31.7 Å². The molecule has 0 radical (unpaired) electrons. The van der Waals surface area contributed by atoms with Gasteiger partial charge < -0.3 is 10.1 Å². The van der Waals surface area contributed by atoms with Crippen LogP contribution in [0.15, 0.2) is 24.3 Å². The number of halogens is 3. The molecule has 2 fully saturated rings. The molecule has 1 N–H and O–H groups in total. The van der Waals surface area contributed by atoms with Crippen LogP contribution >= 0.6 is 0 Å². The third kappa shape index (κ3) is 4.63. The van der Waals surface area contributed by atoms with Gasteiger partial charge in [0.1, 0.15) is 5.75 Å². The second-order valence-electron chi connectivity index (χ2n) is 6.75. The van der Waals surface area contributed by atoms with Crippen LogP contribution in [0.1, 0.15) is 43.7 Å². The lowest BCUT2D eigenvalue weighted by atomic mass is 9.80. The van der Waals surface area contributed by atoms with Crippen molar-refractivity contribution in [1.29, 1.82) is 0 Å². The molecule has 6 heteroatoms. The number of nitrogens with one attached hydrogen (secondary N) is 1. The Morgan fingerprint density at radius 3 is 2.21 bits per heavy atom. The Morgan fingerprint density at radius 1 is 1.00 bits per heavy atom. The van der Waals surface area contributed by atoms with Crippen LogP contribution in [-0.4, -0.2) is 37.4 Å². The van der Waals surface area contributed by atoms with Crippen LogP contribution in [0.2, 0.25) is 0 Å². The molecule has 1 saturated carbocycles. The molecule has 1 aromatic rings. The first kappa shape index (κ1) is 17.5. The van der Waals surface area contributed by atoms with Crippen molar-refractivity contribution in [2.24, 2.45) is 5.92 Å². The molecule has 0 unspecified atom stereocenters. The number of ether oxygens (including phenoxy) is 1. The summed E-state index contributed by atoms with van der Waals surface area (Å²) in [6, 6.07) is 6.80. The van der Waals surface area contributed by atoms with Crippen LogP contribution in [0, 0.1) is 5.92 Å². The van der Waals surface area contributed by atoms with Gasteiger partial charge in [-0.25, -0.2) is 0 Å². The molecular weight excluding hydrogens is 317 g/mol. The first-order valence-electron chi connectivity index (χ1n) is 8.83. The molecule has 2 aliphatic rings. The fourth-order valence-corrected chi connectivity index (χ4v) is 4.06. The molecule has 1 atom stereocenters. The number of benzene rings is 1. The summed E-state index contributed by atoms with van der Waals surface area (Å²) in [6.45, 7) is 3.92. The highest BCUT2D eigenvalue weighted by molar-refractivity contribution is 5.30. The summed E-state index contributed by atoms with van der Waals surface area (Å²) in [7, 11) is 0. The van der Waals surface area contributed by atoms with Gasteiger partial charge in [0.05, 0.1) is 0 Å². The zero-order valence-corrected chi connectivity index (χ0v) is 13.8. The largest absolute Gasteiger partial charge is 0.573 e. The number of piperazine rings is 1. The van der Waals surface area contributed by atoms with Crippen molar-refractivity contribution < 1.29 is 17.9 Å². The summed E-state index contributed by atoms with van der Waals surface area (Å²) >= 11 is 0. The third-order valence-electron chi connectivity index (χ3n) is 5.10. The predicted molar refractivity (Wildman–Crippen MR) is 86.9 cm³/mol. The van der Waals surface area contributed by atoms with Gasteiger partial charge in [0.2, 0.25) is 0 Å². The van der Waals surface area contributed by atoms with E-state index in [-0.39, 0.29) is 5.75 Å². The lowest BCUT2D eigenvalue weighted by Crippen LogP contribution is -2.47. The summed E-state index contributed by atoms with van der Waals surface area (Å²) in [5.41, 5.74) is 1.11. The van der Waals surface area contributed by atoms with Crippen LogP contribution in [0.5, 0.6) is 5.75 Å². The van der Waals surface area contributed by atoms with Crippen molar-refractivity contribution in [2.75, 3.05) is 26.2 Å². The van der Waals surface area contributed by atoms with E-state index in [9.17, 15) is 13.2 Å². The van der Waals surface area contributed by atoms with E-state index in [1.165, 1.54) is 44.2 Å². The van der Waals surface area contributed by atoms with E-state index < -0.39 is 6.36 Å². The highest BCUT2D eigenvalue weighted by Crippen LogP contribution is 2.39. The Bertz CT molecular complexity index is 488. The minimum Gasteiger partial charge on any atom is -0.406 e. The second-order valence-corrected chi connectivity index (χ2v) is 6.75. The smallest absolute Gasteiger partial charge is 0.406 e. The first-order chi connectivity index (χ1) is 11.5. The molecule has 0 bridgehead atoms. The summed E-state index contributed by atoms with van der Waals surface area (Å²) in [4.78, 5) is 2.49. The Hall–Kier alpha value is -1.27. The van der Waals surface area contributed by atoms with Gasteiger partial charge in [0.15, 0.2) is 0 Å². The minimum absolute atomic E-state index is 0.144. The zero-order chi connectivity index (χ0) is 17.0. The molecule has 1 heterocycles. The molecule has 3 rings (SSSR count). The molecule has 1 aromatic carbocycles. The molecule has 24 heavy (non-hydrogen) atoms. The first-order valence-corrected chi connectivity index (χ1v) is 8.83. The Morgan fingerprint density at radius 2 is 1.62 bits per heavy atom. The number of rotatable bonds is 4. The minimum atomic E-state index is -4.64. The topological polar surface area (TPSA) is 24.5 Å². The van der Waals surface area contributed by atoms with Crippen molar-refractivity contribution in [3.8, 4) is 5.75 Å². The van der Waals surface area contributed by atoms with Crippen LogP contribution < -0.4 is 10.1 Å². The van der Waals surface area contributed by atoms with Gasteiger partial charge in [-0.2, -0.15) is 0 Å². The quantitative estimate of drug-likeness (QED) is 0.891. The van der Waals surface area contributed by atoms with Gasteiger partial charge in [-0.05, 0) is 36.5 Å². The summed E-state index contributed by atoms with van der Waals surface area (Å²) < 4.78 is 41.0. The number of alkyl halides is 3. The van der Waals surface area contributed by atoms with E-state index in [1.807, 2.05) is 12.1 Å². The molecule has 134 valence electrons.